The van der Waals surface area contributed by atoms with Gasteiger partial charge >= 0.3 is 11.9 Å². The molecule has 158 valence electrons. The van der Waals surface area contributed by atoms with Crippen LogP contribution in [-0.4, -0.2) is 32.6 Å². The normalized spacial score (nSPS) is 11.5. The van der Waals surface area contributed by atoms with Crippen molar-refractivity contribution in [1.29, 1.82) is 0 Å². The zero-order valence-corrected chi connectivity index (χ0v) is 19.5. The number of carbonyl (C=O) groups is 2. The Morgan fingerprint density at radius 3 is 2.53 bits per heavy atom. The van der Waals surface area contributed by atoms with Gasteiger partial charge in [-0.1, -0.05) is 42.1 Å². The maximum atomic E-state index is 12.5. The van der Waals surface area contributed by atoms with Crippen molar-refractivity contribution in [3.63, 3.8) is 0 Å². The first-order valence-electron chi connectivity index (χ1n) is 9.39. The third-order valence-corrected chi connectivity index (χ3v) is 5.36. The molecule has 1 heterocycles. The molecule has 0 unspecified atom stereocenters. The standard InChI is InChI=1S/C22H23BrN2O4S/c1-22(2,3)29-19(26)12-25-18-11-7-6-10-17(18)24-21(25)30-13-15-8-4-5-9-16(15)20(27)28-14-23/h4-11H,12-14H2,1-3H3. The highest BCUT2D eigenvalue weighted by atomic mass is 79.9. The maximum absolute atomic E-state index is 12.5. The van der Waals surface area contributed by atoms with E-state index in [9.17, 15) is 9.59 Å². The summed E-state index contributed by atoms with van der Waals surface area (Å²) in [7, 11) is 0. The van der Waals surface area contributed by atoms with E-state index >= 15 is 0 Å². The van der Waals surface area contributed by atoms with E-state index in [1.54, 1.807) is 12.1 Å². The van der Waals surface area contributed by atoms with Crippen LogP contribution >= 0.6 is 27.7 Å². The molecule has 0 aliphatic rings. The molecule has 3 aromatic rings. The number of esters is 2. The van der Waals surface area contributed by atoms with E-state index in [0.29, 0.717) is 16.5 Å². The van der Waals surface area contributed by atoms with Crippen LogP contribution < -0.4 is 0 Å². The zero-order valence-electron chi connectivity index (χ0n) is 17.1. The molecule has 30 heavy (non-hydrogen) atoms. The van der Waals surface area contributed by atoms with Crippen LogP contribution in [0.25, 0.3) is 11.0 Å². The van der Waals surface area contributed by atoms with Gasteiger partial charge in [0.1, 0.15) is 17.7 Å². The zero-order chi connectivity index (χ0) is 21.7. The van der Waals surface area contributed by atoms with E-state index in [4.69, 9.17) is 9.47 Å². The Bertz CT molecular complexity index is 1060. The van der Waals surface area contributed by atoms with Gasteiger partial charge in [-0.15, -0.1) is 0 Å². The van der Waals surface area contributed by atoms with Crippen molar-refractivity contribution in [2.75, 3.05) is 5.52 Å². The molecule has 0 saturated carbocycles. The molecule has 1 aromatic heterocycles. The summed E-state index contributed by atoms with van der Waals surface area (Å²) in [6.45, 7) is 5.59. The summed E-state index contributed by atoms with van der Waals surface area (Å²) in [5, 5.41) is 0.686. The Morgan fingerprint density at radius 2 is 1.80 bits per heavy atom. The Kier molecular flexibility index (Phi) is 7.20. The lowest BCUT2D eigenvalue weighted by molar-refractivity contribution is -0.155. The molecule has 0 amide bonds. The molecule has 2 aromatic carbocycles. The number of fused-ring (bicyclic) bond motifs is 1. The molecule has 0 atom stereocenters. The average molecular weight is 491 g/mol. The number of imidazole rings is 1. The molecule has 0 aliphatic carbocycles. The van der Waals surface area contributed by atoms with E-state index in [2.05, 4.69) is 20.9 Å². The fraction of sp³-hybridized carbons (Fsp3) is 0.318. The Balaban J connectivity index is 1.87. The highest BCUT2D eigenvalue weighted by Crippen LogP contribution is 2.28. The Hall–Kier alpha value is -2.32. The molecule has 0 aliphatic heterocycles. The van der Waals surface area contributed by atoms with Crippen molar-refractivity contribution < 1.29 is 19.1 Å². The van der Waals surface area contributed by atoms with Gasteiger partial charge in [0.2, 0.25) is 0 Å². The van der Waals surface area contributed by atoms with Gasteiger partial charge in [-0.25, -0.2) is 9.78 Å². The SMILES string of the molecule is CC(C)(C)OC(=O)Cn1c(SCc2ccccc2C(=O)OCBr)nc2ccccc21. The predicted molar refractivity (Wildman–Crippen MR) is 121 cm³/mol. The lowest BCUT2D eigenvalue weighted by Crippen LogP contribution is -2.26. The maximum Gasteiger partial charge on any atom is 0.339 e. The van der Waals surface area contributed by atoms with Gasteiger partial charge in [0.25, 0.3) is 0 Å². The number of thioether (sulfide) groups is 1. The van der Waals surface area contributed by atoms with Gasteiger partial charge in [0, 0.05) is 5.75 Å². The smallest absolute Gasteiger partial charge is 0.339 e. The van der Waals surface area contributed by atoms with Crippen LogP contribution in [0.4, 0.5) is 0 Å². The van der Waals surface area contributed by atoms with Gasteiger partial charge in [-0.3, -0.25) is 4.79 Å². The van der Waals surface area contributed by atoms with Crippen molar-refractivity contribution >= 4 is 50.7 Å². The summed E-state index contributed by atoms with van der Waals surface area (Å²) >= 11 is 4.57. The Morgan fingerprint density at radius 1 is 1.10 bits per heavy atom. The van der Waals surface area contributed by atoms with Crippen LogP contribution in [0, 0.1) is 0 Å². The van der Waals surface area contributed by atoms with Gasteiger partial charge in [0.05, 0.1) is 16.6 Å². The highest BCUT2D eigenvalue weighted by Gasteiger charge is 2.20. The molecule has 0 radical (unpaired) electrons. The second-order valence-electron chi connectivity index (χ2n) is 7.54. The van der Waals surface area contributed by atoms with Crippen LogP contribution in [0.3, 0.4) is 0 Å². The van der Waals surface area contributed by atoms with E-state index in [-0.39, 0.29) is 24.0 Å². The van der Waals surface area contributed by atoms with Gasteiger partial charge in [-0.2, -0.15) is 0 Å². The molecule has 0 spiro atoms. The number of hydrogen-bond donors (Lipinski definition) is 0. The molecule has 8 heteroatoms. The minimum absolute atomic E-state index is 0.0629. The van der Waals surface area contributed by atoms with E-state index in [0.717, 1.165) is 16.6 Å². The second kappa shape index (κ2) is 9.66. The second-order valence-corrected chi connectivity index (χ2v) is 8.94. The fourth-order valence-electron chi connectivity index (χ4n) is 2.93. The first-order valence-corrected chi connectivity index (χ1v) is 11.5. The van der Waals surface area contributed by atoms with Gasteiger partial charge in [0.15, 0.2) is 5.16 Å². The van der Waals surface area contributed by atoms with Crippen LogP contribution in [0.1, 0.15) is 36.7 Å². The Labute approximate surface area is 188 Å². The first-order chi connectivity index (χ1) is 14.3. The highest BCUT2D eigenvalue weighted by molar-refractivity contribution is 9.09. The number of para-hydroxylation sites is 2. The molecular weight excluding hydrogens is 468 g/mol. The number of rotatable bonds is 7. The van der Waals surface area contributed by atoms with Crippen molar-refractivity contribution in [2.45, 2.75) is 43.8 Å². The number of carbonyl (C=O) groups excluding carboxylic acids is 2. The van der Waals surface area contributed by atoms with E-state index in [1.807, 2.05) is 61.7 Å². The summed E-state index contributed by atoms with van der Waals surface area (Å²) in [5.74, 6) is -0.204. The monoisotopic (exact) mass is 490 g/mol. The van der Waals surface area contributed by atoms with E-state index in [1.165, 1.54) is 11.8 Å². The summed E-state index contributed by atoms with van der Waals surface area (Å²) in [5.41, 5.74) is 2.59. The lowest BCUT2D eigenvalue weighted by atomic mass is 10.1. The number of nitrogens with zero attached hydrogens (tertiary/aromatic N) is 2. The molecule has 0 bridgehead atoms. The van der Waals surface area contributed by atoms with Gasteiger partial charge < -0.3 is 14.0 Å². The van der Waals surface area contributed by atoms with Crippen LogP contribution in [0.5, 0.6) is 0 Å². The number of alkyl halides is 1. The average Bonchev–Trinajstić information content (AvgIpc) is 3.03. The van der Waals surface area contributed by atoms with E-state index < -0.39 is 5.60 Å². The van der Waals surface area contributed by atoms with Crippen molar-refractivity contribution in [2.24, 2.45) is 0 Å². The summed E-state index contributed by atoms with van der Waals surface area (Å²) in [6.07, 6.45) is 0. The third-order valence-electron chi connectivity index (χ3n) is 4.11. The minimum atomic E-state index is -0.560. The molecular formula is C22H23BrN2O4S. The first kappa shape index (κ1) is 22.4. The predicted octanol–water partition coefficient (Wildman–Crippen LogP) is 5.18. The van der Waals surface area contributed by atoms with Crippen LogP contribution in [0.15, 0.2) is 53.7 Å². The van der Waals surface area contributed by atoms with Crippen molar-refractivity contribution in [1.82, 2.24) is 9.55 Å². The molecule has 0 N–H and O–H groups in total. The van der Waals surface area contributed by atoms with Crippen molar-refractivity contribution in [3.8, 4) is 0 Å². The number of aromatic nitrogens is 2. The van der Waals surface area contributed by atoms with Crippen LogP contribution in [-0.2, 0) is 26.6 Å². The topological polar surface area (TPSA) is 70.4 Å². The minimum Gasteiger partial charge on any atom is -0.459 e. The molecule has 0 fully saturated rings. The summed E-state index contributed by atoms with van der Waals surface area (Å²) < 4.78 is 12.4. The number of halogens is 1. The molecule has 6 nitrogen and oxygen atoms in total. The number of hydrogen-bond acceptors (Lipinski definition) is 6. The lowest BCUT2D eigenvalue weighted by Gasteiger charge is -2.20. The largest absolute Gasteiger partial charge is 0.459 e. The molecule has 0 saturated heterocycles. The quantitative estimate of drug-likeness (QED) is 0.258. The summed E-state index contributed by atoms with van der Waals surface area (Å²) in [6, 6.07) is 15.0. The van der Waals surface area contributed by atoms with Crippen LogP contribution in [0.2, 0.25) is 0 Å². The third kappa shape index (κ3) is 5.64. The number of benzene rings is 2. The fourth-order valence-corrected chi connectivity index (χ4v) is 4.16. The summed E-state index contributed by atoms with van der Waals surface area (Å²) in [4.78, 5) is 29.4. The molecule has 3 rings (SSSR count). The number of ether oxygens (including phenoxy) is 2. The van der Waals surface area contributed by atoms with Crippen molar-refractivity contribution in [3.05, 3.63) is 59.7 Å². The van der Waals surface area contributed by atoms with Gasteiger partial charge in [-0.05, 0) is 60.5 Å².